The van der Waals surface area contributed by atoms with Gasteiger partial charge in [-0.1, -0.05) is 75.9 Å². The van der Waals surface area contributed by atoms with Crippen LogP contribution in [-0.4, -0.2) is 96.9 Å². The second-order valence-electron chi connectivity index (χ2n) is 18.9. The van der Waals surface area contributed by atoms with Crippen molar-refractivity contribution in [1.29, 1.82) is 0 Å². The number of carboxylic acids is 2. The summed E-state index contributed by atoms with van der Waals surface area (Å²) in [6, 6.07) is 34.6. The molecular weight excluding hydrogens is 917 g/mol. The Balaban J connectivity index is 0.000000214. The van der Waals surface area contributed by atoms with Crippen molar-refractivity contribution in [2.24, 2.45) is 0 Å². The SMILES string of the molecule is CCCCCOCC[N+](C)=c1cc2oc3cc(N(C)C)ccc3c(-c3ccccc3C(=O)O)c-2cc1C.CCCCCOCC[N+](C)=c1cc2oc3cc(NC)ccc3c(-c3ccccc3C(=O)O)c-2cc1C. The van der Waals surface area contributed by atoms with Gasteiger partial charge in [-0.2, -0.15) is 0 Å². The van der Waals surface area contributed by atoms with E-state index in [0.29, 0.717) is 41.3 Å². The number of nitrogens with one attached hydrogen (secondary N) is 1. The molecule has 8 rings (SSSR count). The summed E-state index contributed by atoms with van der Waals surface area (Å²) in [5, 5.41) is 26.9. The Hall–Kier alpha value is -7.28. The number of nitrogens with zero attached hydrogens (tertiary/aromatic N) is 3. The zero-order chi connectivity index (χ0) is 52.2. The molecule has 2 aliphatic heterocycles. The molecule has 0 spiro atoms. The quantitative estimate of drug-likeness (QED) is 0.0384. The number of fused-ring (bicyclic) bond motifs is 4. The number of aromatic carboxylic acids is 2. The lowest BCUT2D eigenvalue weighted by atomic mass is 9.90. The standard InChI is InChI=1S/C31H36N2O4.C30H34N2O4/c1-6-7-10-16-36-17-15-33(5)27-20-29-26(18-21(27)2)30(23-11-8-9-12-24(23)31(34)35)25-14-13-22(32(3)4)19-28(25)37-29;1-5-6-9-15-35-16-14-32(4)26-19-28-25(17-20(26)2)29(22-10-7-8-11-23(22)30(33)34)24-13-12-21(31-3)18-27(24)36-28/h8-9,11-14,18-20H,6-7,10,15-17H2,1-5H3;7-8,10-13,17-19H,5-6,9,14-16H2,1-4H3,(H,33,34)/p+2. The van der Waals surface area contributed by atoms with E-state index in [1.807, 2.05) is 86.7 Å². The van der Waals surface area contributed by atoms with Gasteiger partial charge in [-0.3, -0.25) is 0 Å². The number of aryl methyl sites for hydroxylation is 2. The molecule has 4 aliphatic rings. The van der Waals surface area contributed by atoms with Crippen molar-refractivity contribution >= 4 is 45.3 Å². The van der Waals surface area contributed by atoms with E-state index in [9.17, 15) is 19.8 Å². The van der Waals surface area contributed by atoms with Crippen molar-refractivity contribution in [2.75, 3.05) is 85.0 Å². The number of anilines is 2. The minimum atomic E-state index is -0.952. The lowest BCUT2D eigenvalue weighted by molar-refractivity contribution is 0.0687. The van der Waals surface area contributed by atoms with Crippen molar-refractivity contribution in [2.45, 2.75) is 66.2 Å². The number of unbranched alkanes of at least 4 members (excludes halogenated alkanes) is 4. The number of hydrogen-bond donors (Lipinski definition) is 3. The van der Waals surface area contributed by atoms with Crippen LogP contribution in [0.2, 0.25) is 0 Å². The number of carbonyl (C=O) groups is 2. The average Bonchev–Trinajstić information content (AvgIpc) is 3.38. The molecule has 4 aromatic carbocycles. The molecule has 0 atom stereocenters. The number of rotatable bonds is 20. The lowest BCUT2D eigenvalue weighted by Crippen LogP contribution is -2.31. The monoisotopic (exact) mass is 989 g/mol. The van der Waals surface area contributed by atoms with Crippen molar-refractivity contribution in [3.63, 3.8) is 0 Å². The molecule has 382 valence electrons. The van der Waals surface area contributed by atoms with Gasteiger partial charge >= 0.3 is 11.9 Å². The second kappa shape index (κ2) is 24.9. The number of likely N-dealkylation sites (N-methyl/N-ethyl adjacent to an activating group) is 2. The van der Waals surface area contributed by atoms with Gasteiger partial charge in [-0.15, -0.1) is 0 Å². The van der Waals surface area contributed by atoms with Crippen LogP contribution in [0.4, 0.5) is 11.4 Å². The van der Waals surface area contributed by atoms with E-state index in [2.05, 4.69) is 80.5 Å². The van der Waals surface area contributed by atoms with Gasteiger partial charge in [0.2, 0.25) is 10.7 Å². The lowest BCUT2D eigenvalue weighted by Gasteiger charge is -2.19. The first-order chi connectivity index (χ1) is 35.3. The normalized spacial score (nSPS) is 12.2. The minimum absolute atomic E-state index is 0.267. The average molecular weight is 989 g/mol. The summed E-state index contributed by atoms with van der Waals surface area (Å²) in [6.07, 6.45) is 6.95. The summed E-state index contributed by atoms with van der Waals surface area (Å²) < 4.78 is 28.9. The van der Waals surface area contributed by atoms with E-state index in [-0.39, 0.29) is 11.1 Å². The van der Waals surface area contributed by atoms with E-state index in [1.165, 1.54) is 25.7 Å². The third-order valence-electron chi connectivity index (χ3n) is 13.5. The van der Waals surface area contributed by atoms with E-state index in [4.69, 9.17) is 18.3 Å². The van der Waals surface area contributed by atoms with Crippen molar-refractivity contribution in [1.82, 2.24) is 9.15 Å². The zero-order valence-corrected chi connectivity index (χ0v) is 44.1. The summed E-state index contributed by atoms with van der Waals surface area (Å²) in [5.74, 6) is -0.474. The second-order valence-corrected chi connectivity index (χ2v) is 18.9. The highest BCUT2D eigenvalue weighted by Crippen LogP contribution is 2.44. The van der Waals surface area contributed by atoms with Gasteiger partial charge in [0.15, 0.2) is 13.1 Å². The Morgan fingerprint density at radius 1 is 0.575 bits per heavy atom. The third kappa shape index (κ3) is 12.5. The summed E-state index contributed by atoms with van der Waals surface area (Å²) in [7, 11) is 9.97. The Morgan fingerprint density at radius 3 is 1.47 bits per heavy atom. The number of ether oxygens (including phenoxy) is 2. The van der Waals surface area contributed by atoms with Crippen LogP contribution in [0.3, 0.4) is 0 Å². The largest absolute Gasteiger partial charge is 0.478 e. The molecule has 3 N–H and O–H groups in total. The predicted molar refractivity (Wildman–Crippen MR) is 297 cm³/mol. The third-order valence-corrected chi connectivity index (χ3v) is 13.5. The molecule has 0 aromatic heterocycles. The molecule has 0 fully saturated rings. The first kappa shape index (κ1) is 53.5. The maximum atomic E-state index is 12.2. The predicted octanol–water partition coefficient (Wildman–Crippen LogP) is 11.7. The molecule has 0 amide bonds. The summed E-state index contributed by atoms with van der Waals surface area (Å²) in [4.78, 5) is 26.3. The molecule has 2 heterocycles. The molecule has 0 saturated heterocycles. The van der Waals surface area contributed by atoms with Gasteiger partial charge < -0.3 is 38.7 Å². The number of hydrogen-bond acceptors (Lipinski definition) is 8. The van der Waals surface area contributed by atoms with Crippen molar-refractivity contribution in [3.05, 3.63) is 142 Å². The van der Waals surface area contributed by atoms with E-state index >= 15 is 0 Å². The molecule has 4 aromatic rings. The van der Waals surface area contributed by atoms with Gasteiger partial charge in [0.25, 0.3) is 0 Å². The van der Waals surface area contributed by atoms with Crippen LogP contribution in [0.25, 0.3) is 66.8 Å². The molecular formula is C61H72N4O8+2. The maximum Gasteiger partial charge on any atom is 0.336 e. The van der Waals surface area contributed by atoms with Crippen LogP contribution in [0.15, 0.2) is 118 Å². The fraction of sp³-hybridized carbons (Fsp3) is 0.344. The van der Waals surface area contributed by atoms with Crippen molar-refractivity contribution < 1.29 is 38.1 Å². The van der Waals surface area contributed by atoms with Crippen molar-refractivity contribution in [3.8, 4) is 44.9 Å². The van der Waals surface area contributed by atoms with Gasteiger partial charge in [-0.25, -0.2) is 18.7 Å². The molecule has 2 aliphatic carbocycles. The van der Waals surface area contributed by atoms with Gasteiger partial charge in [0.05, 0.1) is 23.3 Å². The molecule has 0 saturated carbocycles. The molecule has 73 heavy (non-hydrogen) atoms. The highest BCUT2D eigenvalue weighted by atomic mass is 16.5. The fourth-order valence-corrected chi connectivity index (χ4v) is 9.42. The molecule has 0 bridgehead atoms. The zero-order valence-electron chi connectivity index (χ0n) is 44.1. The van der Waals surface area contributed by atoms with E-state index < -0.39 is 11.9 Å². The van der Waals surface area contributed by atoms with Crippen LogP contribution in [0.5, 0.6) is 0 Å². The van der Waals surface area contributed by atoms with Gasteiger partial charge in [0, 0.05) is 102 Å². The highest BCUT2D eigenvalue weighted by molar-refractivity contribution is 6.09. The summed E-state index contributed by atoms with van der Waals surface area (Å²) in [6.45, 7) is 13.0. The minimum Gasteiger partial charge on any atom is -0.478 e. The topological polar surface area (TPSA) is 141 Å². The molecule has 0 unspecified atom stereocenters. The van der Waals surface area contributed by atoms with E-state index in [1.54, 1.807) is 24.3 Å². The summed E-state index contributed by atoms with van der Waals surface area (Å²) in [5.41, 5.74) is 10.9. The Kier molecular flexibility index (Phi) is 18.3. The van der Waals surface area contributed by atoms with Crippen LogP contribution in [0.1, 0.15) is 84.2 Å². The Bertz CT molecular complexity index is 3310. The van der Waals surface area contributed by atoms with E-state index in [0.717, 1.165) is 111 Å². The Morgan fingerprint density at radius 2 is 1.03 bits per heavy atom. The first-order valence-corrected chi connectivity index (χ1v) is 25.5. The highest BCUT2D eigenvalue weighted by Gasteiger charge is 2.25. The fourth-order valence-electron chi connectivity index (χ4n) is 9.42. The van der Waals surface area contributed by atoms with Crippen LogP contribution >= 0.6 is 0 Å². The number of carboxylic acid groups (broad SMARTS) is 2. The summed E-state index contributed by atoms with van der Waals surface area (Å²) >= 11 is 0. The molecule has 12 heteroatoms. The molecule has 12 nitrogen and oxygen atoms in total. The van der Waals surface area contributed by atoms with Crippen LogP contribution in [0, 0.1) is 13.8 Å². The smallest absolute Gasteiger partial charge is 0.336 e. The van der Waals surface area contributed by atoms with Crippen LogP contribution in [-0.2, 0) is 9.47 Å². The number of benzene rings is 6. The van der Waals surface area contributed by atoms with Gasteiger partial charge in [0.1, 0.15) is 50.0 Å². The first-order valence-electron chi connectivity index (χ1n) is 25.5. The maximum absolute atomic E-state index is 12.2. The van der Waals surface area contributed by atoms with Gasteiger partial charge in [-0.05, 0) is 86.3 Å². The van der Waals surface area contributed by atoms with Crippen LogP contribution < -0.4 is 30.1 Å². The Labute approximate surface area is 429 Å². The molecule has 0 radical (unpaired) electrons.